The zero-order chi connectivity index (χ0) is 18.4. The molecule has 0 radical (unpaired) electrons. The number of nitrogens with one attached hydrogen (secondary N) is 1. The molecule has 0 aliphatic carbocycles. The van der Waals surface area contributed by atoms with Crippen LogP contribution < -0.4 is 10.1 Å². The SMILES string of the molecule is CC(C)(C)N(CC(=O)Nc1nccs1)C(=O)COc1ccc(Cl)cc1. The van der Waals surface area contributed by atoms with Crippen molar-refractivity contribution in [3.8, 4) is 5.75 Å². The number of hydrogen-bond donors (Lipinski definition) is 1. The number of rotatable bonds is 6. The fraction of sp³-hybridized carbons (Fsp3) is 0.353. The summed E-state index contributed by atoms with van der Waals surface area (Å²) in [5, 5.41) is 5.54. The van der Waals surface area contributed by atoms with E-state index in [2.05, 4.69) is 10.3 Å². The molecule has 0 unspecified atom stereocenters. The van der Waals surface area contributed by atoms with Gasteiger partial charge in [0, 0.05) is 22.1 Å². The summed E-state index contributed by atoms with van der Waals surface area (Å²) < 4.78 is 5.49. The third-order valence-electron chi connectivity index (χ3n) is 3.27. The van der Waals surface area contributed by atoms with Crippen molar-refractivity contribution in [3.63, 3.8) is 0 Å². The molecule has 0 atom stereocenters. The number of amides is 2. The van der Waals surface area contributed by atoms with E-state index in [1.807, 2.05) is 20.8 Å². The van der Waals surface area contributed by atoms with Gasteiger partial charge in [-0.2, -0.15) is 0 Å². The molecule has 8 heteroatoms. The van der Waals surface area contributed by atoms with Gasteiger partial charge in [-0.1, -0.05) is 11.6 Å². The first-order chi connectivity index (χ1) is 11.8. The maximum absolute atomic E-state index is 12.5. The monoisotopic (exact) mass is 381 g/mol. The van der Waals surface area contributed by atoms with E-state index >= 15 is 0 Å². The average molecular weight is 382 g/mol. The van der Waals surface area contributed by atoms with Crippen LogP contribution in [0.1, 0.15) is 20.8 Å². The number of benzene rings is 1. The maximum atomic E-state index is 12.5. The summed E-state index contributed by atoms with van der Waals surface area (Å²) in [4.78, 5) is 30.2. The second kappa shape index (κ2) is 8.31. The second-order valence-electron chi connectivity index (χ2n) is 6.28. The van der Waals surface area contributed by atoms with Crippen LogP contribution in [-0.4, -0.2) is 40.4 Å². The molecule has 0 saturated carbocycles. The number of halogens is 1. The summed E-state index contributed by atoms with van der Waals surface area (Å²) in [5.74, 6) is -0.0414. The Bertz CT molecular complexity index is 712. The van der Waals surface area contributed by atoms with Crippen LogP contribution in [0.25, 0.3) is 0 Å². The van der Waals surface area contributed by atoms with Gasteiger partial charge in [0.1, 0.15) is 12.3 Å². The normalized spacial score (nSPS) is 11.0. The van der Waals surface area contributed by atoms with E-state index in [0.717, 1.165) is 0 Å². The summed E-state index contributed by atoms with van der Waals surface area (Å²) in [5.41, 5.74) is -0.527. The molecule has 2 rings (SSSR count). The van der Waals surface area contributed by atoms with Gasteiger partial charge in [-0.05, 0) is 45.0 Å². The van der Waals surface area contributed by atoms with Crippen molar-refractivity contribution in [2.24, 2.45) is 0 Å². The smallest absolute Gasteiger partial charge is 0.261 e. The van der Waals surface area contributed by atoms with Gasteiger partial charge >= 0.3 is 0 Å². The highest BCUT2D eigenvalue weighted by molar-refractivity contribution is 7.13. The lowest BCUT2D eigenvalue weighted by Gasteiger charge is -2.35. The predicted octanol–water partition coefficient (Wildman–Crippen LogP) is 3.44. The lowest BCUT2D eigenvalue weighted by atomic mass is 10.1. The first kappa shape index (κ1) is 19.2. The van der Waals surface area contributed by atoms with Gasteiger partial charge in [0.25, 0.3) is 5.91 Å². The molecule has 1 N–H and O–H groups in total. The number of carbonyl (C=O) groups excluding carboxylic acids is 2. The first-order valence-corrected chi connectivity index (χ1v) is 8.89. The molecule has 134 valence electrons. The number of aromatic nitrogens is 1. The zero-order valence-corrected chi connectivity index (χ0v) is 15.9. The number of hydrogen-bond acceptors (Lipinski definition) is 5. The van der Waals surface area contributed by atoms with Gasteiger partial charge in [0.05, 0.1) is 0 Å². The summed E-state index contributed by atoms with van der Waals surface area (Å²) in [6.45, 7) is 5.35. The van der Waals surface area contributed by atoms with Crippen molar-refractivity contribution < 1.29 is 14.3 Å². The van der Waals surface area contributed by atoms with Gasteiger partial charge < -0.3 is 15.0 Å². The molecular weight excluding hydrogens is 362 g/mol. The Morgan fingerprint density at radius 3 is 2.52 bits per heavy atom. The van der Waals surface area contributed by atoms with Crippen LogP contribution in [0.5, 0.6) is 5.75 Å². The minimum Gasteiger partial charge on any atom is -0.484 e. The topological polar surface area (TPSA) is 71.5 Å². The largest absolute Gasteiger partial charge is 0.484 e. The molecular formula is C17H20ClN3O3S. The van der Waals surface area contributed by atoms with Crippen LogP contribution in [0, 0.1) is 0 Å². The van der Waals surface area contributed by atoms with Crippen LogP contribution in [0.3, 0.4) is 0 Å². The highest BCUT2D eigenvalue weighted by atomic mass is 35.5. The molecule has 1 aromatic carbocycles. The van der Waals surface area contributed by atoms with Crippen molar-refractivity contribution in [3.05, 3.63) is 40.9 Å². The summed E-state index contributed by atoms with van der Waals surface area (Å²) in [6.07, 6.45) is 1.60. The number of carbonyl (C=O) groups is 2. The predicted molar refractivity (Wildman–Crippen MR) is 99.2 cm³/mol. The lowest BCUT2D eigenvalue weighted by molar-refractivity contribution is -0.141. The van der Waals surface area contributed by atoms with Crippen molar-refractivity contribution in [1.29, 1.82) is 0 Å². The molecule has 0 saturated heterocycles. The number of anilines is 1. The highest BCUT2D eigenvalue weighted by Crippen LogP contribution is 2.18. The molecule has 1 aromatic heterocycles. The number of thiazole rings is 1. The highest BCUT2D eigenvalue weighted by Gasteiger charge is 2.29. The molecule has 0 aliphatic rings. The van der Waals surface area contributed by atoms with Crippen molar-refractivity contribution >= 4 is 39.9 Å². The van der Waals surface area contributed by atoms with Crippen LogP contribution in [-0.2, 0) is 9.59 Å². The molecule has 6 nitrogen and oxygen atoms in total. The third kappa shape index (κ3) is 6.03. The average Bonchev–Trinajstić information content (AvgIpc) is 3.03. The minimum atomic E-state index is -0.527. The number of ether oxygens (including phenoxy) is 1. The first-order valence-electron chi connectivity index (χ1n) is 7.64. The molecule has 2 amide bonds. The van der Waals surface area contributed by atoms with Crippen LogP contribution in [0.4, 0.5) is 5.13 Å². The van der Waals surface area contributed by atoms with Crippen LogP contribution >= 0.6 is 22.9 Å². The molecule has 0 bridgehead atoms. The van der Waals surface area contributed by atoms with Crippen molar-refractivity contribution in [1.82, 2.24) is 9.88 Å². The van der Waals surface area contributed by atoms with Gasteiger partial charge in [-0.3, -0.25) is 9.59 Å². The van der Waals surface area contributed by atoms with Crippen molar-refractivity contribution in [2.45, 2.75) is 26.3 Å². The van der Waals surface area contributed by atoms with E-state index in [4.69, 9.17) is 16.3 Å². The van der Waals surface area contributed by atoms with Gasteiger partial charge in [-0.15, -0.1) is 11.3 Å². The van der Waals surface area contributed by atoms with Gasteiger partial charge in [0.2, 0.25) is 5.91 Å². The summed E-state index contributed by atoms with van der Waals surface area (Å²) in [6, 6.07) is 6.74. The molecule has 2 aromatic rings. The van der Waals surface area contributed by atoms with E-state index in [9.17, 15) is 9.59 Å². The Balaban J connectivity index is 1.97. The Kier molecular flexibility index (Phi) is 6.39. The minimum absolute atomic E-state index is 0.0775. The second-order valence-corrected chi connectivity index (χ2v) is 7.61. The fourth-order valence-corrected chi connectivity index (χ4v) is 2.71. The Hall–Kier alpha value is -2.12. The summed E-state index contributed by atoms with van der Waals surface area (Å²) >= 11 is 7.14. The van der Waals surface area contributed by atoms with E-state index in [1.54, 1.807) is 35.8 Å². The van der Waals surface area contributed by atoms with Crippen LogP contribution in [0.15, 0.2) is 35.8 Å². The van der Waals surface area contributed by atoms with E-state index in [-0.39, 0.29) is 25.0 Å². The molecule has 25 heavy (non-hydrogen) atoms. The quantitative estimate of drug-likeness (QED) is 0.831. The fourth-order valence-electron chi connectivity index (χ4n) is 2.04. The maximum Gasteiger partial charge on any atom is 0.261 e. The van der Waals surface area contributed by atoms with Crippen LogP contribution in [0.2, 0.25) is 5.02 Å². The number of nitrogens with zero attached hydrogens (tertiary/aromatic N) is 2. The van der Waals surface area contributed by atoms with Gasteiger partial charge in [0.15, 0.2) is 11.7 Å². The van der Waals surface area contributed by atoms with Gasteiger partial charge in [-0.25, -0.2) is 4.98 Å². The molecule has 0 spiro atoms. The van der Waals surface area contributed by atoms with E-state index < -0.39 is 5.54 Å². The molecule has 0 fully saturated rings. The Labute approximate surface area is 155 Å². The van der Waals surface area contributed by atoms with Crippen molar-refractivity contribution in [2.75, 3.05) is 18.5 Å². The summed E-state index contributed by atoms with van der Waals surface area (Å²) in [7, 11) is 0. The standard InChI is InChI=1S/C17H20ClN3O3S/c1-17(2,3)21(10-14(22)20-16-19-8-9-25-16)15(23)11-24-13-6-4-12(18)5-7-13/h4-9H,10-11H2,1-3H3,(H,19,20,22). The third-order valence-corrected chi connectivity index (χ3v) is 4.21. The lowest BCUT2D eigenvalue weighted by Crippen LogP contribution is -2.51. The molecule has 1 heterocycles. The molecule has 0 aliphatic heterocycles. The van der Waals surface area contributed by atoms with E-state index in [0.29, 0.717) is 15.9 Å². The zero-order valence-electron chi connectivity index (χ0n) is 14.3. The Morgan fingerprint density at radius 1 is 1.28 bits per heavy atom. The Morgan fingerprint density at radius 2 is 1.96 bits per heavy atom. The van der Waals surface area contributed by atoms with E-state index in [1.165, 1.54) is 16.2 Å².